The fourth-order valence-corrected chi connectivity index (χ4v) is 1.92. The molecule has 0 fully saturated rings. The van der Waals surface area contributed by atoms with Crippen LogP contribution in [0.25, 0.3) is 11.0 Å². The number of nitrogens with two attached hydrogens (primary N) is 1. The van der Waals surface area contributed by atoms with Crippen LogP contribution in [0.5, 0.6) is 11.6 Å². The van der Waals surface area contributed by atoms with Crippen LogP contribution in [0.4, 0.5) is 5.69 Å². The minimum atomic E-state index is 0.0266. The molecule has 1 aromatic carbocycles. The summed E-state index contributed by atoms with van der Waals surface area (Å²) in [6.07, 6.45) is 1.38. The number of benzene rings is 1. The number of aromatic nitrogens is 1. The van der Waals surface area contributed by atoms with Crippen molar-refractivity contribution in [2.24, 2.45) is 0 Å². The standard InChI is InChI=1S/C15H8N4O2/c16-6-9-5-10(18)8-19-15(9)21-14-11-3-1-2-4-12(11)20-13(14)7-17/h1-5,8H,18H2. The monoisotopic (exact) mass is 276 g/mol. The van der Waals surface area contributed by atoms with Crippen LogP contribution in [0.2, 0.25) is 0 Å². The van der Waals surface area contributed by atoms with Crippen molar-refractivity contribution in [1.82, 2.24) is 4.98 Å². The van der Waals surface area contributed by atoms with Gasteiger partial charge in [0.2, 0.25) is 11.6 Å². The zero-order valence-electron chi connectivity index (χ0n) is 10.7. The first-order chi connectivity index (χ1) is 10.2. The summed E-state index contributed by atoms with van der Waals surface area (Å²) >= 11 is 0. The second kappa shape index (κ2) is 4.87. The van der Waals surface area contributed by atoms with Crippen LogP contribution in [0, 0.1) is 22.7 Å². The zero-order valence-corrected chi connectivity index (χ0v) is 10.7. The fourth-order valence-electron chi connectivity index (χ4n) is 1.92. The summed E-state index contributed by atoms with van der Waals surface area (Å²) in [5.74, 6) is 0.343. The Labute approximate surface area is 119 Å². The lowest BCUT2D eigenvalue weighted by molar-refractivity contribution is 0.449. The van der Waals surface area contributed by atoms with Crippen LogP contribution in [0.15, 0.2) is 40.9 Å². The van der Waals surface area contributed by atoms with E-state index in [9.17, 15) is 0 Å². The average molecular weight is 276 g/mol. The van der Waals surface area contributed by atoms with E-state index in [0.29, 0.717) is 16.7 Å². The van der Waals surface area contributed by atoms with Crippen molar-refractivity contribution < 1.29 is 9.15 Å². The summed E-state index contributed by atoms with van der Waals surface area (Å²) in [5, 5.41) is 18.9. The van der Waals surface area contributed by atoms with Gasteiger partial charge in [-0.3, -0.25) is 0 Å². The number of para-hydroxylation sites is 1. The molecule has 0 saturated carbocycles. The summed E-state index contributed by atoms with van der Waals surface area (Å²) in [5.41, 5.74) is 6.65. The smallest absolute Gasteiger partial charge is 0.247 e. The first-order valence-electron chi connectivity index (χ1n) is 5.98. The van der Waals surface area contributed by atoms with Crippen molar-refractivity contribution in [1.29, 1.82) is 10.5 Å². The molecule has 2 heterocycles. The van der Waals surface area contributed by atoms with Crippen LogP contribution in [0.1, 0.15) is 11.3 Å². The lowest BCUT2D eigenvalue weighted by Crippen LogP contribution is -1.95. The summed E-state index contributed by atoms with van der Waals surface area (Å²) in [4.78, 5) is 3.99. The molecule has 0 unspecified atom stereocenters. The lowest BCUT2D eigenvalue weighted by atomic mass is 10.2. The number of furan rings is 1. The van der Waals surface area contributed by atoms with Gasteiger partial charge in [0.05, 0.1) is 17.3 Å². The Morgan fingerprint density at radius 1 is 1.19 bits per heavy atom. The molecule has 2 N–H and O–H groups in total. The third-order valence-corrected chi connectivity index (χ3v) is 2.84. The Bertz CT molecular complexity index is 916. The molecule has 3 aromatic rings. The van der Waals surface area contributed by atoms with Gasteiger partial charge >= 0.3 is 0 Å². The van der Waals surface area contributed by atoms with Gasteiger partial charge in [-0.1, -0.05) is 12.1 Å². The first kappa shape index (κ1) is 12.5. The summed E-state index contributed by atoms with van der Waals surface area (Å²) < 4.78 is 11.0. The molecule has 100 valence electrons. The molecule has 0 amide bonds. The Morgan fingerprint density at radius 2 is 2.00 bits per heavy atom. The Kier molecular flexibility index (Phi) is 2.91. The number of nitrogens with zero attached hydrogens (tertiary/aromatic N) is 3. The molecule has 21 heavy (non-hydrogen) atoms. The van der Waals surface area contributed by atoms with E-state index >= 15 is 0 Å². The predicted octanol–water partition coefficient (Wildman–Crippen LogP) is 2.95. The van der Waals surface area contributed by atoms with Gasteiger partial charge < -0.3 is 14.9 Å². The second-order valence-electron chi connectivity index (χ2n) is 4.20. The van der Waals surface area contributed by atoms with E-state index < -0.39 is 0 Å². The van der Waals surface area contributed by atoms with Crippen molar-refractivity contribution >= 4 is 16.7 Å². The van der Waals surface area contributed by atoms with Crippen LogP contribution in [-0.4, -0.2) is 4.98 Å². The van der Waals surface area contributed by atoms with E-state index in [1.165, 1.54) is 12.3 Å². The molecule has 0 aliphatic carbocycles. The van der Waals surface area contributed by atoms with Gasteiger partial charge in [-0.15, -0.1) is 0 Å². The highest BCUT2D eigenvalue weighted by molar-refractivity contribution is 5.86. The van der Waals surface area contributed by atoms with Crippen LogP contribution in [-0.2, 0) is 0 Å². The molecule has 0 aliphatic rings. The third kappa shape index (κ3) is 2.11. The third-order valence-electron chi connectivity index (χ3n) is 2.84. The fraction of sp³-hybridized carbons (Fsp3) is 0. The number of hydrogen-bond donors (Lipinski definition) is 1. The molecule has 0 spiro atoms. The van der Waals surface area contributed by atoms with Crippen molar-refractivity contribution in [2.75, 3.05) is 5.73 Å². The molecule has 0 bridgehead atoms. The highest BCUT2D eigenvalue weighted by Crippen LogP contribution is 2.36. The summed E-state index contributed by atoms with van der Waals surface area (Å²) in [6.45, 7) is 0. The quantitative estimate of drug-likeness (QED) is 0.770. The Morgan fingerprint density at radius 3 is 2.76 bits per heavy atom. The summed E-state index contributed by atoms with van der Waals surface area (Å²) in [7, 11) is 0. The highest BCUT2D eigenvalue weighted by atomic mass is 16.5. The topological polar surface area (TPSA) is 109 Å². The van der Waals surface area contributed by atoms with Gasteiger partial charge in [-0.25, -0.2) is 4.98 Å². The minimum Gasteiger partial charge on any atom is -0.442 e. The van der Waals surface area contributed by atoms with Gasteiger partial charge in [0.15, 0.2) is 5.75 Å². The molecular formula is C15H8N4O2. The van der Waals surface area contributed by atoms with E-state index in [0.717, 1.165) is 0 Å². The van der Waals surface area contributed by atoms with Gasteiger partial charge in [0.25, 0.3) is 0 Å². The zero-order chi connectivity index (χ0) is 14.8. The maximum Gasteiger partial charge on any atom is 0.247 e. The van der Waals surface area contributed by atoms with Gasteiger partial charge in [-0.05, 0) is 18.2 Å². The van der Waals surface area contributed by atoms with E-state index in [4.69, 9.17) is 25.4 Å². The number of nitriles is 2. The maximum atomic E-state index is 9.14. The predicted molar refractivity (Wildman–Crippen MR) is 74.4 cm³/mol. The molecular weight excluding hydrogens is 268 g/mol. The molecule has 2 aromatic heterocycles. The molecule has 0 radical (unpaired) electrons. The number of hydrogen-bond acceptors (Lipinski definition) is 6. The van der Waals surface area contributed by atoms with Gasteiger partial charge in [0.1, 0.15) is 23.3 Å². The van der Waals surface area contributed by atoms with E-state index in [1.54, 1.807) is 24.3 Å². The van der Waals surface area contributed by atoms with Crippen molar-refractivity contribution in [3.8, 4) is 23.8 Å². The van der Waals surface area contributed by atoms with Crippen LogP contribution < -0.4 is 10.5 Å². The average Bonchev–Trinajstić information content (AvgIpc) is 2.87. The SMILES string of the molecule is N#Cc1cc(N)cnc1Oc1c(C#N)oc2ccccc12. The lowest BCUT2D eigenvalue weighted by Gasteiger charge is -2.05. The van der Waals surface area contributed by atoms with Crippen molar-refractivity contribution in [3.05, 3.63) is 47.9 Å². The number of pyridine rings is 1. The molecule has 3 rings (SSSR count). The Balaban J connectivity index is 2.15. The number of anilines is 1. The molecule has 0 saturated heterocycles. The largest absolute Gasteiger partial charge is 0.442 e. The normalized spacial score (nSPS) is 10.0. The number of fused-ring (bicyclic) bond motifs is 1. The molecule has 6 heteroatoms. The molecule has 0 aliphatic heterocycles. The molecule has 0 atom stereocenters. The Hall–Kier alpha value is -3.51. The highest BCUT2D eigenvalue weighted by Gasteiger charge is 2.18. The van der Waals surface area contributed by atoms with Gasteiger partial charge in [0, 0.05) is 0 Å². The van der Waals surface area contributed by atoms with Crippen LogP contribution in [0.3, 0.4) is 0 Å². The minimum absolute atomic E-state index is 0.0266. The molecule has 6 nitrogen and oxygen atoms in total. The van der Waals surface area contributed by atoms with Gasteiger partial charge in [-0.2, -0.15) is 10.5 Å². The number of ether oxygens (including phenoxy) is 1. The summed E-state index contributed by atoms with van der Waals surface area (Å²) in [6, 6.07) is 12.4. The first-order valence-corrected chi connectivity index (χ1v) is 5.98. The van der Waals surface area contributed by atoms with E-state index in [-0.39, 0.29) is 23.0 Å². The number of nitrogen functional groups attached to an aromatic ring is 1. The second-order valence-corrected chi connectivity index (χ2v) is 4.20. The van der Waals surface area contributed by atoms with E-state index in [1.807, 2.05) is 12.1 Å². The van der Waals surface area contributed by atoms with Crippen molar-refractivity contribution in [3.63, 3.8) is 0 Å². The van der Waals surface area contributed by atoms with Crippen LogP contribution >= 0.6 is 0 Å². The maximum absolute atomic E-state index is 9.14. The van der Waals surface area contributed by atoms with Crippen molar-refractivity contribution in [2.45, 2.75) is 0 Å². The van der Waals surface area contributed by atoms with E-state index in [2.05, 4.69) is 4.98 Å². The number of rotatable bonds is 2.